The van der Waals surface area contributed by atoms with Gasteiger partial charge in [-0.2, -0.15) is 5.26 Å². The second kappa shape index (κ2) is 10.5. The number of hydrogen-bond donors (Lipinski definition) is 4. The molecule has 1 unspecified atom stereocenters. The Bertz CT molecular complexity index is 1630. The number of nitriles is 1. The summed E-state index contributed by atoms with van der Waals surface area (Å²) in [5.74, 6) is 1.42. The first-order valence-electron chi connectivity index (χ1n) is 15.1. The van der Waals surface area contributed by atoms with Gasteiger partial charge in [0, 0.05) is 54.2 Å². The van der Waals surface area contributed by atoms with E-state index in [2.05, 4.69) is 77.4 Å². The van der Waals surface area contributed by atoms with Crippen LogP contribution in [0.1, 0.15) is 44.7 Å². The molecule has 43 heavy (non-hydrogen) atoms. The highest BCUT2D eigenvalue weighted by atomic mass is 35.5. The lowest BCUT2D eigenvalue weighted by molar-refractivity contribution is 0.194. The van der Waals surface area contributed by atoms with Crippen LogP contribution in [0.3, 0.4) is 0 Å². The van der Waals surface area contributed by atoms with E-state index < -0.39 is 5.44 Å². The predicted molar refractivity (Wildman–Crippen MR) is 176 cm³/mol. The molecule has 3 aromatic rings. The Morgan fingerprint density at radius 3 is 2.49 bits per heavy atom. The van der Waals surface area contributed by atoms with Crippen molar-refractivity contribution in [2.45, 2.75) is 51.1 Å². The lowest BCUT2D eigenvalue weighted by atomic mass is 9.69. The minimum atomic E-state index is -0.660. The standard InChI is InChI=1S/C32H37BCl2N8/c1-31(2,3)17-38-28-18(12-36)13-37-29-23(28)10-21(11-26(29)35)39-32(33,19-4-6-20(34)7-5-19)27-16-43(41-40-27)30-24-14-42(15-25(24)30)22-8-9-22/h4-7,10-11,13,16,22,24-25,30,39-41H,8-9,14-15,17,33H2,1-3H3,(H,37,38)/t24-,25+,30+,32?. The predicted octanol–water partition coefficient (Wildman–Crippen LogP) is 5.03. The van der Waals surface area contributed by atoms with Crippen molar-refractivity contribution in [2.75, 3.05) is 30.3 Å². The average Bonchev–Trinajstić information content (AvgIpc) is 3.82. The molecule has 8 nitrogen and oxygen atoms in total. The largest absolute Gasteiger partial charge is 0.383 e. The van der Waals surface area contributed by atoms with Crippen LogP contribution in [0, 0.1) is 28.6 Å². The van der Waals surface area contributed by atoms with Gasteiger partial charge >= 0.3 is 0 Å². The number of nitrogens with zero attached hydrogens (tertiary/aromatic N) is 4. The maximum absolute atomic E-state index is 9.91. The van der Waals surface area contributed by atoms with E-state index >= 15 is 0 Å². The molecule has 1 aromatic heterocycles. The molecule has 4 aliphatic rings. The van der Waals surface area contributed by atoms with Crippen LogP contribution in [-0.4, -0.2) is 54.5 Å². The van der Waals surface area contributed by atoms with Crippen molar-refractivity contribution in [1.82, 2.24) is 25.9 Å². The second-order valence-corrected chi connectivity index (χ2v) is 14.7. The normalized spacial score (nSPS) is 24.6. The summed E-state index contributed by atoms with van der Waals surface area (Å²) in [7, 11) is 2.16. The highest BCUT2D eigenvalue weighted by molar-refractivity contribution is 6.36. The number of rotatable bonds is 8. The van der Waals surface area contributed by atoms with Crippen LogP contribution in [0.15, 0.2) is 54.5 Å². The van der Waals surface area contributed by atoms with Gasteiger partial charge in [0.2, 0.25) is 0 Å². The average molecular weight is 615 g/mol. The molecule has 222 valence electrons. The number of nitrogens with one attached hydrogen (secondary N) is 4. The lowest BCUT2D eigenvalue weighted by Crippen LogP contribution is -2.46. The number of pyridine rings is 1. The van der Waals surface area contributed by atoms with Gasteiger partial charge in [-0.05, 0) is 59.9 Å². The highest BCUT2D eigenvalue weighted by Gasteiger charge is 2.60. The molecular formula is C32H37BCl2N8. The van der Waals surface area contributed by atoms with E-state index in [0.29, 0.717) is 45.5 Å². The molecule has 0 spiro atoms. The van der Waals surface area contributed by atoms with E-state index in [4.69, 9.17) is 23.2 Å². The molecule has 2 aliphatic heterocycles. The van der Waals surface area contributed by atoms with Gasteiger partial charge in [-0.25, -0.2) is 0 Å². The second-order valence-electron chi connectivity index (χ2n) is 13.9. The van der Waals surface area contributed by atoms with Crippen molar-refractivity contribution in [1.29, 1.82) is 5.26 Å². The Morgan fingerprint density at radius 1 is 1.12 bits per heavy atom. The molecule has 2 aliphatic carbocycles. The number of halogens is 2. The summed E-state index contributed by atoms with van der Waals surface area (Å²) >= 11 is 13.2. The van der Waals surface area contributed by atoms with Gasteiger partial charge in [0.25, 0.3) is 0 Å². The summed E-state index contributed by atoms with van der Waals surface area (Å²) in [6.45, 7) is 9.57. The molecular weight excluding hydrogens is 578 g/mol. The van der Waals surface area contributed by atoms with Crippen LogP contribution in [0.25, 0.3) is 10.9 Å². The first-order valence-corrected chi connectivity index (χ1v) is 15.9. The molecule has 4 N–H and O–H groups in total. The minimum Gasteiger partial charge on any atom is -0.383 e. The van der Waals surface area contributed by atoms with Crippen LogP contribution in [0.5, 0.6) is 0 Å². The van der Waals surface area contributed by atoms with Gasteiger partial charge in [-0.15, -0.1) is 5.53 Å². The zero-order valence-corrected chi connectivity index (χ0v) is 26.5. The number of fused-ring (bicyclic) bond motifs is 2. The number of benzene rings is 2. The van der Waals surface area contributed by atoms with E-state index in [9.17, 15) is 5.26 Å². The van der Waals surface area contributed by atoms with E-state index in [0.717, 1.165) is 34.1 Å². The molecule has 3 fully saturated rings. The molecule has 0 amide bonds. The van der Waals surface area contributed by atoms with E-state index in [1.165, 1.54) is 25.9 Å². The smallest absolute Gasteiger partial charge is 0.148 e. The topological polar surface area (TPSA) is 91.3 Å². The number of anilines is 2. The fourth-order valence-corrected chi connectivity index (χ4v) is 7.14. The van der Waals surface area contributed by atoms with Crippen molar-refractivity contribution >= 4 is 53.3 Å². The van der Waals surface area contributed by atoms with Crippen LogP contribution in [-0.2, 0) is 5.44 Å². The van der Waals surface area contributed by atoms with Gasteiger partial charge in [-0.3, -0.25) is 14.9 Å². The number of likely N-dealkylation sites (tertiary alicyclic amines) is 1. The maximum Gasteiger partial charge on any atom is 0.148 e. The third kappa shape index (κ3) is 5.40. The Balaban J connectivity index is 1.23. The summed E-state index contributed by atoms with van der Waals surface area (Å²) in [6.07, 6.45) is 6.53. The third-order valence-electron chi connectivity index (χ3n) is 9.34. The Kier molecular flexibility index (Phi) is 6.97. The van der Waals surface area contributed by atoms with Gasteiger partial charge < -0.3 is 16.1 Å². The summed E-state index contributed by atoms with van der Waals surface area (Å²) in [4.78, 5) is 7.22. The zero-order chi connectivity index (χ0) is 30.1. The lowest BCUT2D eigenvalue weighted by Gasteiger charge is -2.34. The SMILES string of the molecule is BC(Nc1cc(Cl)c2ncc(C#N)c(NCC(C)(C)C)c2c1)(C1=CN([C@H]2[C@@H]3CN(C4CC4)C[C@@H]32)NN1)c1ccc(Cl)cc1. The molecule has 3 heterocycles. The Labute approximate surface area is 264 Å². The summed E-state index contributed by atoms with van der Waals surface area (Å²) in [6, 6.07) is 15.5. The van der Waals surface area contributed by atoms with Crippen LogP contribution in [0.2, 0.25) is 10.0 Å². The van der Waals surface area contributed by atoms with E-state index in [1.54, 1.807) is 6.20 Å². The number of hydrogen-bond acceptors (Lipinski definition) is 8. The quantitative estimate of drug-likeness (QED) is 0.263. The number of hydrazine groups is 2. The van der Waals surface area contributed by atoms with Gasteiger partial charge in [0.1, 0.15) is 13.9 Å². The third-order valence-corrected chi connectivity index (χ3v) is 9.88. The molecule has 4 atom stereocenters. The molecule has 1 saturated heterocycles. The van der Waals surface area contributed by atoms with Crippen LogP contribution in [0.4, 0.5) is 11.4 Å². The molecule has 2 saturated carbocycles. The molecule has 0 radical (unpaired) electrons. The first kappa shape index (κ1) is 28.6. The van der Waals surface area contributed by atoms with Crippen molar-refractivity contribution < 1.29 is 0 Å². The number of piperidine rings is 1. The summed E-state index contributed by atoms with van der Waals surface area (Å²) in [5.41, 5.74) is 11.0. The van der Waals surface area contributed by atoms with Crippen molar-refractivity contribution in [3.8, 4) is 6.07 Å². The molecule has 0 bridgehead atoms. The maximum atomic E-state index is 9.91. The summed E-state index contributed by atoms with van der Waals surface area (Å²) < 4.78 is 0. The first-order chi connectivity index (χ1) is 20.5. The van der Waals surface area contributed by atoms with Crippen molar-refractivity contribution in [3.05, 3.63) is 75.7 Å². The summed E-state index contributed by atoms with van der Waals surface area (Å²) in [5, 5.41) is 21.5. The van der Waals surface area contributed by atoms with Crippen LogP contribution < -0.4 is 21.6 Å². The zero-order valence-electron chi connectivity index (χ0n) is 25.0. The minimum absolute atomic E-state index is 0.0187. The Hall–Kier alpha value is -3.16. The monoisotopic (exact) mass is 614 g/mol. The highest BCUT2D eigenvalue weighted by Crippen LogP contribution is 2.51. The van der Waals surface area contributed by atoms with E-state index in [-0.39, 0.29) is 5.41 Å². The molecule has 7 rings (SSSR count). The molecule has 2 aromatic carbocycles. The van der Waals surface area contributed by atoms with Crippen molar-refractivity contribution in [3.63, 3.8) is 0 Å². The van der Waals surface area contributed by atoms with E-state index in [1.807, 2.05) is 36.4 Å². The fraction of sp³-hybridized carbons (Fsp3) is 0.438. The van der Waals surface area contributed by atoms with Gasteiger partial charge in [-0.1, -0.05) is 56.1 Å². The van der Waals surface area contributed by atoms with Crippen LogP contribution >= 0.6 is 23.2 Å². The molecule has 11 heteroatoms. The van der Waals surface area contributed by atoms with Gasteiger partial charge in [0.05, 0.1) is 39.0 Å². The van der Waals surface area contributed by atoms with Crippen molar-refractivity contribution in [2.24, 2.45) is 17.3 Å². The van der Waals surface area contributed by atoms with Gasteiger partial charge in [0.15, 0.2) is 0 Å². The Morgan fingerprint density at radius 2 is 1.84 bits per heavy atom. The number of aromatic nitrogens is 1. The fourth-order valence-electron chi connectivity index (χ4n) is 6.75.